The number of likely N-dealkylation sites (tertiary alicyclic amines) is 2. The molecule has 0 bridgehead atoms. The summed E-state index contributed by atoms with van der Waals surface area (Å²) in [5, 5.41) is 3.07. The molecule has 1 aromatic rings. The summed E-state index contributed by atoms with van der Waals surface area (Å²) in [7, 11) is 0. The molecule has 2 aliphatic heterocycles. The van der Waals surface area contributed by atoms with E-state index in [4.69, 9.17) is 4.74 Å². The zero-order valence-corrected chi connectivity index (χ0v) is 18.7. The van der Waals surface area contributed by atoms with Crippen molar-refractivity contribution in [3.63, 3.8) is 0 Å². The van der Waals surface area contributed by atoms with Crippen LogP contribution < -0.4 is 5.32 Å². The maximum absolute atomic E-state index is 12.5. The molecule has 2 amide bonds. The van der Waals surface area contributed by atoms with E-state index >= 15 is 0 Å². The van der Waals surface area contributed by atoms with E-state index in [0.717, 1.165) is 23.9 Å². The van der Waals surface area contributed by atoms with Gasteiger partial charge in [0.1, 0.15) is 0 Å². The monoisotopic (exact) mass is 415 g/mol. The van der Waals surface area contributed by atoms with E-state index < -0.39 is 0 Å². The Balaban J connectivity index is 1.41. The van der Waals surface area contributed by atoms with Crippen LogP contribution in [-0.2, 0) is 22.6 Å². The van der Waals surface area contributed by atoms with Gasteiger partial charge >= 0.3 is 6.09 Å². The number of ether oxygens (including phenoxy) is 1. The van der Waals surface area contributed by atoms with E-state index in [1.54, 1.807) is 11.8 Å². The second-order valence-electron chi connectivity index (χ2n) is 9.13. The summed E-state index contributed by atoms with van der Waals surface area (Å²) in [6.45, 7) is 11.9. The van der Waals surface area contributed by atoms with Gasteiger partial charge in [-0.2, -0.15) is 0 Å². The van der Waals surface area contributed by atoms with Crippen molar-refractivity contribution in [3.05, 3.63) is 35.4 Å². The Bertz CT molecular complexity index is 688. The van der Waals surface area contributed by atoms with Gasteiger partial charge in [-0.15, -0.1) is 0 Å². The molecule has 0 radical (unpaired) electrons. The lowest BCUT2D eigenvalue weighted by Crippen LogP contribution is -2.43. The normalized spacial score (nSPS) is 23.2. The predicted molar refractivity (Wildman–Crippen MR) is 118 cm³/mol. The molecule has 6 nitrogen and oxygen atoms in total. The Kier molecular flexibility index (Phi) is 8.14. The van der Waals surface area contributed by atoms with Gasteiger partial charge in [0.2, 0.25) is 5.91 Å². The number of nitrogens with zero attached hydrogens (tertiary/aromatic N) is 2. The number of rotatable bonds is 6. The highest BCUT2D eigenvalue weighted by Gasteiger charge is 2.27. The number of hydrogen-bond acceptors (Lipinski definition) is 4. The largest absolute Gasteiger partial charge is 0.450 e. The molecule has 0 aliphatic carbocycles. The Labute approximate surface area is 180 Å². The molecule has 2 aliphatic rings. The summed E-state index contributed by atoms with van der Waals surface area (Å²) in [5.74, 6) is 1.59. The molecule has 1 aromatic carbocycles. The lowest BCUT2D eigenvalue weighted by Gasteiger charge is -2.35. The van der Waals surface area contributed by atoms with Crippen LogP contribution in [0.4, 0.5) is 4.79 Å². The Morgan fingerprint density at radius 1 is 1.03 bits per heavy atom. The number of benzene rings is 1. The Hall–Kier alpha value is -2.08. The SMILES string of the molecule is CCOC(=O)N1CCC(C(=O)NCc2ccc(CN3C[C@@H](C)C[C@H](C)C3)cc2)CC1. The van der Waals surface area contributed by atoms with Gasteiger partial charge in [0.15, 0.2) is 0 Å². The van der Waals surface area contributed by atoms with E-state index in [2.05, 4.69) is 48.3 Å². The Morgan fingerprint density at radius 2 is 1.63 bits per heavy atom. The minimum atomic E-state index is -0.273. The predicted octanol–water partition coefficient (Wildman–Crippen LogP) is 3.65. The van der Waals surface area contributed by atoms with E-state index in [1.807, 2.05) is 0 Å². The van der Waals surface area contributed by atoms with Gasteiger partial charge in [-0.1, -0.05) is 38.1 Å². The van der Waals surface area contributed by atoms with Crippen LogP contribution in [0.3, 0.4) is 0 Å². The van der Waals surface area contributed by atoms with Gasteiger partial charge in [0, 0.05) is 45.2 Å². The molecule has 2 saturated heterocycles. The number of piperidine rings is 2. The molecule has 2 heterocycles. The zero-order valence-electron chi connectivity index (χ0n) is 18.7. The number of nitrogens with one attached hydrogen (secondary N) is 1. The lowest BCUT2D eigenvalue weighted by molar-refractivity contribution is -0.126. The van der Waals surface area contributed by atoms with Crippen LogP contribution in [0.1, 0.15) is 51.2 Å². The molecule has 0 spiro atoms. The lowest BCUT2D eigenvalue weighted by atomic mass is 9.91. The van der Waals surface area contributed by atoms with Crippen molar-refractivity contribution in [1.29, 1.82) is 0 Å². The first-order valence-corrected chi connectivity index (χ1v) is 11.4. The molecule has 30 heavy (non-hydrogen) atoms. The van der Waals surface area contributed by atoms with Gasteiger partial charge in [-0.3, -0.25) is 9.69 Å². The van der Waals surface area contributed by atoms with Gasteiger partial charge in [-0.05, 0) is 49.1 Å². The van der Waals surface area contributed by atoms with Crippen LogP contribution >= 0.6 is 0 Å². The average Bonchev–Trinajstić information content (AvgIpc) is 2.72. The van der Waals surface area contributed by atoms with E-state index in [0.29, 0.717) is 39.1 Å². The molecule has 0 aromatic heterocycles. The van der Waals surface area contributed by atoms with Crippen molar-refractivity contribution in [2.24, 2.45) is 17.8 Å². The van der Waals surface area contributed by atoms with Crippen LogP contribution in [-0.4, -0.2) is 54.6 Å². The number of amides is 2. The summed E-state index contributed by atoms with van der Waals surface area (Å²) < 4.78 is 5.03. The summed E-state index contributed by atoms with van der Waals surface area (Å²) in [6, 6.07) is 8.61. The fourth-order valence-corrected chi connectivity index (χ4v) is 4.81. The van der Waals surface area contributed by atoms with E-state index in [1.165, 1.54) is 25.1 Å². The van der Waals surface area contributed by atoms with E-state index in [-0.39, 0.29) is 17.9 Å². The van der Waals surface area contributed by atoms with Gasteiger partial charge in [0.25, 0.3) is 0 Å². The van der Waals surface area contributed by atoms with Gasteiger partial charge in [-0.25, -0.2) is 4.79 Å². The highest BCUT2D eigenvalue weighted by atomic mass is 16.6. The van der Waals surface area contributed by atoms with Gasteiger partial charge in [0.05, 0.1) is 6.61 Å². The molecule has 0 unspecified atom stereocenters. The number of carbonyl (C=O) groups excluding carboxylic acids is 2. The molecule has 166 valence electrons. The first kappa shape index (κ1) is 22.6. The van der Waals surface area contributed by atoms with Crippen LogP contribution in [0.15, 0.2) is 24.3 Å². The standard InChI is InChI=1S/C24H37N3O3/c1-4-30-24(29)27-11-9-22(10-12-27)23(28)25-14-20-5-7-21(8-6-20)17-26-15-18(2)13-19(3)16-26/h5-8,18-19,22H,4,9-17H2,1-3H3,(H,25,28)/t18-,19-/m0/s1. The van der Waals surface area contributed by atoms with Crippen LogP contribution in [0.25, 0.3) is 0 Å². The third kappa shape index (κ3) is 6.46. The molecule has 2 atom stereocenters. The van der Waals surface area contributed by atoms with E-state index in [9.17, 15) is 9.59 Å². The van der Waals surface area contributed by atoms with Crippen molar-refractivity contribution >= 4 is 12.0 Å². The molecule has 6 heteroatoms. The summed E-state index contributed by atoms with van der Waals surface area (Å²) >= 11 is 0. The molecule has 2 fully saturated rings. The highest BCUT2D eigenvalue weighted by Crippen LogP contribution is 2.23. The first-order valence-electron chi connectivity index (χ1n) is 11.4. The summed E-state index contributed by atoms with van der Waals surface area (Å²) in [4.78, 5) is 28.5. The van der Waals surface area contributed by atoms with Crippen molar-refractivity contribution in [3.8, 4) is 0 Å². The van der Waals surface area contributed by atoms with Crippen molar-refractivity contribution in [1.82, 2.24) is 15.1 Å². The molecule has 3 rings (SSSR count). The second-order valence-corrected chi connectivity index (χ2v) is 9.13. The average molecular weight is 416 g/mol. The maximum Gasteiger partial charge on any atom is 0.409 e. The van der Waals surface area contributed by atoms with Crippen LogP contribution in [0, 0.1) is 17.8 Å². The highest BCUT2D eigenvalue weighted by molar-refractivity contribution is 5.79. The Morgan fingerprint density at radius 3 is 2.23 bits per heavy atom. The topological polar surface area (TPSA) is 61.9 Å². The number of carbonyl (C=O) groups is 2. The minimum Gasteiger partial charge on any atom is -0.450 e. The van der Waals surface area contributed by atoms with Crippen molar-refractivity contribution in [2.45, 2.75) is 53.1 Å². The number of hydrogen-bond donors (Lipinski definition) is 1. The third-order valence-corrected chi connectivity index (χ3v) is 6.23. The van der Waals surface area contributed by atoms with Gasteiger partial charge < -0.3 is 15.0 Å². The van der Waals surface area contributed by atoms with Crippen LogP contribution in [0.5, 0.6) is 0 Å². The van der Waals surface area contributed by atoms with Crippen LogP contribution in [0.2, 0.25) is 0 Å². The minimum absolute atomic E-state index is 0.0296. The smallest absolute Gasteiger partial charge is 0.409 e. The fourth-order valence-electron chi connectivity index (χ4n) is 4.81. The molecule has 0 saturated carbocycles. The van der Waals surface area contributed by atoms with Crippen molar-refractivity contribution in [2.75, 3.05) is 32.8 Å². The first-order chi connectivity index (χ1) is 14.4. The molecule has 1 N–H and O–H groups in total. The fraction of sp³-hybridized carbons (Fsp3) is 0.667. The van der Waals surface area contributed by atoms with Crippen molar-refractivity contribution < 1.29 is 14.3 Å². The zero-order chi connectivity index (χ0) is 21.5. The molecular formula is C24H37N3O3. The summed E-state index contributed by atoms with van der Waals surface area (Å²) in [6.07, 6.45) is 2.44. The maximum atomic E-state index is 12.5. The summed E-state index contributed by atoms with van der Waals surface area (Å²) in [5.41, 5.74) is 2.45. The quantitative estimate of drug-likeness (QED) is 0.770. The molecular weight excluding hydrogens is 378 g/mol. The second kappa shape index (κ2) is 10.8. The third-order valence-electron chi connectivity index (χ3n) is 6.23.